The van der Waals surface area contributed by atoms with Crippen molar-refractivity contribution in [3.63, 3.8) is 0 Å². The third-order valence-electron chi connectivity index (χ3n) is 0.984. The molecule has 2 amide bonds. The molecule has 0 fully saturated rings. The Labute approximate surface area is 65.7 Å². The fourth-order valence-corrected chi connectivity index (χ4v) is 0.452. The molecule has 0 aromatic carbocycles. The zero-order chi connectivity index (χ0) is 8.69. The van der Waals surface area contributed by atoms with Crippen LogP contribution in [0.5, 0.6) is 0 Å². The van der Waals surface area contributed by atoms with E-state index in [0.29, 0.717) is 6.54 Å². The maximum atomic E-state index is 10.5. The lowest BCUT2D eigenvalue weighted by Crippen LogP contribution is -2.20. The first kappa shape index (κ1) is 9.68. The Kier molecular flexibility index (Phi) is 4.81. The number of hydrogen-bond acceptors (Lipinski definition) is 2. The minimum Gasteiger partial charge on any atom is -0.356 e. The lowest BCUT2D eigenvalue weighted by Gasteiger charge is -1.93. The first-order valence-electron chi connectivity index (χ1n) is 3.29. The van der Waals surface area contributed by atoms with Crippen molar-refractivity contribution in [2.75, 3.05) is 13.6 Å². The smallest absolute Gasteiger partial charge is 0.243 e. The van der Waals surface area contributed by atoms with Crippen molar-refractivity contribution >= 4 is 11.8 Å². The topological polar surface area (TPSA) is 58.2 Å². The molecule has 0 bridgehead atoms. The average Bonchev–Trinajstić information content (AvgIpc) is 1.97. The van der Waals surface area contributed by atoms with Gasteiger partial charge in [0.1, 0.15) is 0 Å². The normalized spacial score (nSPS) is 9.64. The summed E-state index contributed by atoms with van der Waals surface area (Å²) in [5, 5.41) is 4.93. The fraction of sp³-hybridized carbons (Fsp3) is 0.429. The van der Waals surface area contributed by atoms with Crippen LogP contribution in [0.3, 0.4) is 0 Å². The largest absolute Gasteiger partial charge is 0.356 e. The van der Waals surface area contributed by atoms with Crippen molar-refractivity contribution in [2.45, 2.75) is 6.92 Å². The molecule has 0 radical (unpaired) electrons. The number of rotatable bonds is 3. The quantitative estimate of drug-likeness (QED) is 0.537. The molecule has 0 rings (SSSR count). The van der Waals surface area contributed by atoms with Crippen LogP contribution in [0, 0.1) is 0 Å². The van der Waals surface area contributed by atoms with E-state index in [1.54, 1.807) is 13.1 Å². The van der Waals surface area contributed by atoms with Crippen LogP contribution in [0.4, 0.5) is 0 Å². The Morgan fingerprint density at radius 1 is 1.45 bits per heavy atom. The van der Waals surface area contributed by atoms with Gasteiger partial charge in [-0.2, -0.15) is 0 Å². The Morgan fingerprint density at radius 3 is 2.55 bits per heavy atom. The van der Waals surface area contributed by atoms with Gasteiger partial charge in [-0.1, -0.05) is 6.08 Å². The summed E-state index contributed by atoms with van der Waals surface area (Å²) in [5.74, 6) is -0.276. The second-order valence-electron chi connectivity index (χ2n) is 1.95. The van der Waals surface area contributed by atoms with Gasteiger partial charge in [-0.15, -0.1) is 0 Å². The molecule has 0 aliphatic carbocycles. The molecule has 0 atom stereocenters. The minimum absolute atomic E-state index is 0.105. The van der Waals surface area contributed by atoms with E-state index in [-0.39, 0.29) is 11.8 Å². The van der Waals surface area contributed by atoms with Crippen LogP contribution >= 0.6 is 0 Å². The highest BCUT2D eigenvalue weighted by atomic mass is 16.2. The summed E-state index contributed by atoms with van der Waals surface area (Å²) in [4.78, 5) is 20.9. The van der Waals surface area contributed by atoms with E-state index in [0.717, 1.165) is 0 Å². The third-order valence-corrected chi connectivity index (χ3v) is 0.984. The second-order valence-corrected chi connectivity index (χ2v) is 1.95. The molecule has 0 unspecified atom stereocenters. The molecule has 0 aromatic heterocycles. The number of carbonyl (C=O) groups is 2. The molecule has 0 aliphatic rings. The van der Waals surface area contributed by atoms with Gasteiger partial charge >= 0.3 is 0 Å². The van der Waals surface area contributed by atoms with Crippen molar-refractivity contribution in [1.82, 2.24) is 10.6 Å². The summed E-state index contributed by atoms with van der Waals surface area (Å²) < 4.78 is 0. The Morgan fingerprint density at radius 2 is 2.09 bits per heavy atom. The van der Waals surface area contributed by atoms with Gasteiger partial charge in [-0.25, -0.2) is 0 Å². The summed E-state index contributed by atoms with van der Waals surface area (Å²) in [5.41, 5.74) is 0. The van der Waals surface area contributed by atoms with Crippen LogP contribution in [0.25, 0.3) is 0 Å². The first-order chi connectivity index (χ1) is 5.16. The summed E-state index contributed by atoms with van der Waals surface area (Å²) in [6.07, 6.45) is 2.95. The predicted molar refractivity (Wildman–Crippen MR) is 41.9 cm³/mol. The Bertz CT molecular complexity index is 175. The van der Waals surface area contributed by atoms with E-state index >= 15 is 0 Å². The SMILES string of the molecule is CNC(=O)/C=C/CNC(C)=O. The molecule has 0 saturated heterocycles. The summed E-state index contributed by atoms with van der Waals surface area (Å²) in [7, 11) is 1.55. The van der Waals surface area contributed by atoms with E-state index < -0.39 is 0 Å². The van der Waals surface area contributed by atoms with Crippen molar-refractivity contribution in [3.05, 3.63) is 12.2 Å². The molecule has 0 spiro atoms. The molecule has 0 aliphatic heterocycles. The van der Waals surface area contributed by atoms with Crippen LogP contribution in [-0.2, 0) is 9.59 Å². The summed E-state index contributed by atoms with van der Waals surface area (Å²) in [6.45, 7) is 1.82. The van der Waals surface area contributed by atoms with Gasteiger partial charge in [0.2, 0.25) is 11.8 Å². The Hall–Kier alpha value is -1.32. The maximum absolute atomic E-state index is 10.5. The van der Waals surface area contributed by atoms with Crippen molar-refractivity contribution in [1.29, 1.82) is 0 Å². The highest BCUT2D eigenvalue weighted by Gasteiger charge is 1.87. The highest BCUT2D eigenvalue weighted by Crippen LogP contribution is 1.70. The zero-order valence-corrected chi connectivity index (χ0v) is 6.68. The molecule has 4 heteroatoms. The van der Waals surface area contributed by atoms with Crippen molar-refractivity contribution in [2.24, 2.45) is 0 Å². The third kappa shape index (κ3) is 6.57. The maximum Gasteiger partial charge on any atom is 0.243 e. The standard InChI is InChI=1S/C7H12N2O2/c1-6(10)9-5-3-4-7(11)8-2/h3-4H,5H2,1-2H3,(H,8,11)(H,9,10)/b4-3+. The molecule has 4 nitrogen and oxygen atoms in total. The van der Waals surface area contributed by atoms with Crippen molar-refractivity contribution in [3.8, 4) is 0 Å². The van der Waals surface area contributed by atoms with Gasteiger partial charge in [-0.05, 0) is 0 Å². The zero-order valence-electron chi connectivity index (χ0n) is 6.68. The van der Waals surface area contributed by atoms with Crippen LogP contribution in [0.1, 0.15) is 6.92 Å². The lowest BCUT2D eigenvalue weighted by molar-refractivity contribution is -0.119. The van der Waals surface area contributed by atoms with Gasteiger partial charge in [0.15, 0.2) is 0 Å². The Balaban J connectivity index is 3.45. The molecular formula is C7H12N2O2. The molecule has 0 aromatic rings. The van der Waals surface area contributed by atoms with Crippen LogP contribution in [0.2, 0.25) is 0 Å². The highest BCUT2D eigenvalue weighted by molar-refractivity contribution is 5.87. The number of amides is 2. The van der Waals surface area contributed by atoms with Gasteiger partial charge in [0, 0.05) is 26.6 Å². The molecular weight excluding hydrogens is 144 g/mol. The molecule has 0 heterocycles. The van der Waals surface area contributed by atoms with Crippen LogP contribution in [-0.4, -0.2) is 25.4 Å². The van der Waals surface area contributed by atoms with E-state index in [1.807, 2.05) is 0 Å². The van der Waals surface area contributed by atoms with E-state index in [1.165, 1.54) is 13.0 Å². The van der Waals surface area contributed by atoms with Crippen LogP contribution < -0.4 is 10.6 Å². The van der Waals surface area contributed by atoms with Gasteiger partial charge in [0.25, 0.3) is 0 Å². The van der Waals surface area contributed by atoms with Gasteiger partial charge in [0.05, 0.1) is 0 Å². The van der Waals surface area contributed by atoms with E-state index in [9.17, 15) is 9.59 Å². The molecule has 0 saturated carbocycles. The second kappa shape index (κ2) is 5.46. The van der Waals surface area contributed by atoms with Crippen LogP contribution in [0.15, 0.2) is 12.2 Å². The first-order valence-corrected chi connectivity index (χ1v) is 3.29. The summed E-state index contributed by atoms with van der Waals surface area (Å²) in [6, 6.07) is 0. The number of nitrogens with one attached hydrogen (secondary N) is 2. The number of hydrogen-bond donors (Lipinski definition) is 2. The average molecular weight is 156 g/mol. The number of carbonyl (C=O) groups excluding carboxylic acids is 2. The monoisotopic (exact) mass is 156 g/mol. The molecule has 2 N–H and O–H groups in total. The lowest BCUT2D eigenvalue weighted by atomic mass is 10.4. The van der Waals surface area contributed by atoms with E-state index in [4.69, 9.17) is 0 Å². The van der Waals surface area contributed by atoms with E-state index in [2.05, 4.69) is 10.6 Å². The predicted octanol–water partition coefficient (Wildman–Crippen LogP) is -0.575. The fourth-order valence-electron chi connectivity index (χ4n) is 0.452. The molecule has 11 heavy (non-hydrogen) atoms. The van der Waals surface area contributed by atoms with Gasteiger partial charge in [-0.3, -0.25) is 9.59 Å². The minimum atomic E-state index is -0.171. The molecule has 62 valence electrons. The number of likely N-dealkylation sites (N-methyl/N-ethyl adjacent to an activating group) is 1. The van der Waals surface area contributed by atoms with Gasteiger partial charge < -0.3 is 10.6 Å². The van der Waals surface area contributed by atoms with Crippen molar-refractivity contribution < 1.29 is 9.59 Å². The summed E-state index contributed by atoms with van der Waals surface area (Å²) >= 11 is 0.